The number of allylic oxidation sites excluding steroid dienone is 1. The molecular formula is C10H8F2O2. The van der Waals surface area contributed by atoms with Crippen LogP contribution in [0, 0.1) is 0 Å². The number of carboxylic acid groups (broad SMARTS) is 1. The van der Waals surface area contributed by atoms with Gasteiger partial charge in [0.05, 0.1) is 0 Å². The van der Waals surface area contributed by atoms with Gasteiger partial charge in [-0.3, -0.25) is 0 Å². The molecule has 0 saturated heterocycles. The molecule has 1 aromatic carbocycles. The second kappa shape index (κ2) is 4.00. The summed E-state index contributed by atoms with van der Waals surface area (Å²) in [6.45, 7) is 0. The fraction of sp³-hybridized carbons (Fsp3) is 0.100. The number of halogens is 2. The minimum absolute atomic E-state index is 0.225. The molecule has 0 saturated carbocycles. The third-order valence-corrected chi connectivity index (χ3v) is 1.59. The second-order valence-electron chi connectivity index (χ2n) is 2.66. The molecular weight excluding hydrogens is 190 g/mol. The fourth-order valence-electron chi connectivity index (χ4n) is 0.933. The van der Waals surface area contributed by atoms with Gasteiger partial charge in [0.15, 0.2) is 0 Å². The lowest BCUT2D eigenvalue weighted by atomic mass is 10.1. The molecule has 74 valence electrons. The van der Waals surface area contributed by atoms with Crippen molar-refractivity contribution in [2.75, 3.05) is 0 Å². The Kier molecular flexibility index (Phi) is 2.96. The maximum Gasteiger partial charge on any atom is 0.328 e. The van der Waals surface area contributed by atoms with Crippen LogP contribution in [-0.2, 0) is 10.7 Å². The molecule has 0 spiro atoms. The van der Waals surface area contributed by atoms with E-state index in [9.17, 15) is 13.6 Å². The maximum absolute atomic E-state index is 13.2. The van der Waals surface area contributed by atoms with Crippen LogP contribution in [0.2, 0.25) is 0 Å². The Labute approximate surface area is 79.5 Å². The predicted octanol–water partition coefficient (Wildman–Crippen LogP) is 2.42. The highest BCUT2D eigenvalue weighted by Gasteiger charge is 2.27. The standard InChI is InChI=1S/C10H8F2O2/c11-10(12,7-6-9(13)14)8-4-2-1-3-5-8/h1-7H,(H,13,14)/b7-6+. The van der Waals surface area contributed by atoms with Crippen molar-refractivity contribution < 1.29 is 18.7 Å². The Hall–Kier alpha value is -1.71. The van der Waals surface area contributed by atoms with Crippen LogP contribution < -0.4 is 0 Å². The van der Waals surface area contributed by atoms with Crippen molar-refractivity contribution in [3.63, 3.8) is 0 Å². The largest absolute Gasteiger partial charge is 0.478 e. The van der Waals surface area contributed by atoms with Crippen molar-refractivity contribution in [3.05, 3.63) is 48.0 Å². The Morgan fingerprint density at radius 3 is 2.36 bits per heavy atom. The van der Waals surface area contributed by atoms with Crippen molar-refractivity contribution in [2.45, 2.75) is 5.92 Å². The highest BCUT2D eigenvalue weighted by Crippen LogP contribution is 2.28. The van der Waals surface area contributed by atoms with Gasteiger partial charge in [-0.1, -0.05) is 30.3 Å². The molecule has 1 N–H and O–H groups in total. The number of rotatable bonds is 3. The van der Waals surface area contributed by atoms with Crippen LogP contribution >= 0.6 is 0 Å². The molecule has 4 heteroatoms. The van der Waals surface area contributed by atoms with Crippen LogP contribution in [0.5, 0.6) is 0 Å². The van der Waals surface area contributed by atoms with E-state index in [0.29, 0.717) is 12.2 Å². The van der Waals surface area contributed by atoms with E-state index in [2.05, 4.69) is 0 Å². The summed E-state index contributed by atoms with van der Waals surface area (Å²) in [6, 6.07) is 7.04. The maximum atomic E-state index is 13.2. The van der Waals surface area contributed by atoms with Gasteiger partial charge in [-0.25, -0.2) is 4.79 Å². The van der Waals surface area contributed by atoms with Crippen molar-refractivity contribution >= 4 is 5.97 Å². The van der Waals surface area contributed by atoms with Crippen molar-refractivity contribution in [1.82, 2.24) is 0 Å². The molecule has 1 rings (SSSR count). The molecule has 0 heterocycles. The summed E-state index contributed by atoms with van der Waals surface area (Å²) in [6.07, 6.45) is 0.803. The molecule has 1 aromatic rings. The van der Waals surface area contributed by atoms with Gasteiger partial charge in [0, 0.05) is 11.6 Å². The van der Waals surface area contributed by atoms with Gasteiger partial charge in [-0.05, 0) is 6.08 Å². The minimum Gasteiger partial charge on any atom is -0.478 e. The summed E-state index contributed by atoms with van der Waals surface area (Å²) in [5.41, 5.74) is -0.225. The van der Waals surface area contributed by atoms with Crippen LogP contribution in [0.25, 0.3) is 0 Å². The molecule has 0 radical (unpaired) electrons. The SMILES string of the molecule is O=C(O)/C=C/C(F)(F)c1ccccc1. The van der Waals surface area contributed by atoms with E-state index < -0.39 is 11.9 Å². The van der Waals surface area contributed by atoms with Gasteiger partial charge in [-0.15, -0.1) is 0 Å². The first-order valence-corrected chi connectivity index (χ1v) is 3.88. The molecule has 14 heavy (non-hydrogen) atoms. The third kappa shape index (κ3) is 2.65. The van der Waals surface area contributed by atoms with Gasteiger partial charge < -0.3 is 5.11 Å². The highest BCUT2D eigenvalue weighted by atomic mass is 19.3. The molecule has 0 aliphatic heterocycles. The Balaban J connectivity index is 2.91. The number of alkyl halides is 2. The fourth-order valence-corrected chi connectivity index (χ4v) is 0.933. The smallest absolute Gasteiger partial charge is 0.328 e. The van der Waals surface area contributed by atoms with E-state index >= 15 is 0 Å². The van der Waals surface area contributed by atoms with Gasteiger partial charge in [0.1, 0.15) is 0 Å². The molecule has 0 aliphatic carbocycles. The molecule has 0 atom stereocenters. The van der Waals surface area contributed by atoms with Crippen molar-refractivity contribution in [2.24, 2.45) is 0 Å². The number of hydrogen-bond acceptors (Lipinski definition) is 1. The first-order chi connectivity index (χ1) is 6.52. The number of carbonyl (C=O) groups is 1. The average Bonchev–Trinajstić information content (AvgIpc) is 2.16. The monoisotopic (exact) mass is 198 g/mol. The summed E-state index contributed by atoms with van der Waals surface area (Å²) in [4.78, 5) is 10.1. The first-order valence-electron chi connectivity index (χ1n) is 3.88. The van der Waals surface area contributed by atoms with Crippen LogP contribution in [0.4, 0.5) is 8.78 Å². The van der Waals surface area contributed by atoms with Crippen LogP contribution in [0.15, 0.2) is 42.5 Å². The van der Waals surface area contributed by atoms with Gasteiger partial charge in [-0.2, -0.15) is 8.78 Å². The van der Waals surface area contributed by atoms with Crippen LogP contribution in [0.1, 0.15) is 5.56 Å². The van der Waals surface area contributed by atoms with Crippen LogP contribution in [-0.4, -0.2) is 11.1 Å². The molecule has 0 amide bonds. The lowest BCUT2D eigenvalue weighted by Gasteiger charge is -2.10. The summed E-state index contributed by atoms with van der Waals surface area (Å²) in [7, 11) is 0. The molecule has 0 aliphatic rings. The van der Waals surface area contributed by atoms with Gasteiger partial charge in [0.25, 0.3) is 5.92 Å². The van der Waals surface area contributed by atoms with Gasteiger partial charge in [0.2, 0.25) is 0 Å². The Morgan fingerprint density at radius 1 is 1.29 bits per heavy atom. The van der Waals surface area contributed by atoms with Crippen LogP contribution in [0.3, 0.4) is 0 Å². The molecule has 0 bridgehead atoms. The zero-order valence-electron chi connectivity index (χ0n) is 7.15. The summed E-state index contributed by atoms with van der Waals surface area (Å²) < 4.78 is 26.3. The highest BCUT2D eigenvalue weighted by molar-refractivity contribution is 5.79. The van der Waals surface area contributed by atoms with E-state index in [0.717, 1.165) is 0 Å². The molecule has 0 fully saturated rings. The van der Waals surface area contributed by atoms with Gasteiger partial charge >= 0.3 is 5.97 Å². The number of aliphatic carboxylic acids is 1. The predicted molar refractivity (Wildman–Crippen MR) is 47.1 cm³/mol. The zero-order chi connectivity index (χ0) is 10.6. The molecule has 0 aromatic heterocycles. The molecule has 2 nitrogen and oxygen atoms in total. The first kappa shape index (κ1) is 10.4. The van der Waals surface area contributed by atoms with Crippen molar-refractivity contribution in [3.8, 4) is 0 Å². The van der Waals surface area contributed by atoms with E-state index in [-0.39, 0.29) is 5.56 Å². The topological polar surface area (TPSA) is 37.3 Å². The lowest BCUT2D eigenvalue weighted by Crippen LogP contribution is -2.09. The average molecular weight is 198 g/mol. The van der Waals surface area contributed by atoms with Crippen molar-refractivity contribution in [1.29, 1.82) is 0 Å². The van der Waals surface area contributed by atoms with E-state index in [1.165, 1.54) is 24.3 Å². The Morgan fingerprint density at radius 2 is 1.86 bits per heavy atom. The van der Waals surface area contributed by atoms with E-state index in [4.69, 9.17) is 5.11 Å². The second-order valence-corrected chi connectivity index (χ2v) is 2.66. The normalized spacial score (nSPS) is 11.9. The zero-order valence-corrected chi connectivity index (χ0v) is 7.15. The number of carboxylic acids is 1. The number of benzene rings is 1. The van der Waals surface area contributed by atoms with E-state index in [1.54, 1.807) is 6.07 Å². The summed E-state index contributed by atoms with van der Waals surface area (Å²) in [5.74, 6) is -4.62. The van der Waals surface area contributed by atoms with E-state index in [1.807, 2.05) is 0 Å². The lowest BCUT2D eigenvalue weighted by molar-refractivity contribution is -0.131. The minimum atomic E-state index is -3.24. The molecule has 0 unspecified atom stereocenters. The quantitative estimate of drug-likeness (QED) is 0.757. The summed E-state index contributed by atoms with van der Waals surface area (Å²) in [5, 5.41) is 8.20. The number of hydrogen-bond donors (Lipinski definition) is 1. The Bertz CT molecular complexity index is 344. The third-order valence-electron chi connectivity index (χ3n) is 1.59. The summed E-state index contributed by atoms with van der Waals surface area (Å²) >= 11 is 0.